The van der Waals surface area contributed by atoms with Crippen molar-refractivity contribution in [3.05, 3.63) is 29.3 Å². The van der Waals surface area contributed by atoms with E-state index in [4.69, 9.17) is 11.6 Å². The highest BCUT2D eigenvalue weighted by Crippen LogP contribution is 2.28. The summed E-state index contributed by atoms with van der Waals surface area (Å²) in [6.07, 6.45) is 2.24. The van der Waals surface area contributed by atoms with E-state index in [-0.39, 0.29) is 28.9 Å². The summed E-state index contributed by atoms with van der Waals surface area (Å²) < 4.78 is 50.9. The summed E-state index contributed by atoms with van der Waals surface area (Å²) in [4.78, 5) is 14.6. The van der Waals surface area contributed by atoms with Crippen LogP contribution >= 0.6 is 11.6 Å². The van der Waals surface area contributed by atoms with Crippen LogP contribution in [0.25, 0.3) is 0 Å². The van der Waals surface area contributed by atoms with E-state index in [1.165, 1.54) is 33.5 Å². The van der Waals surface area contributed by atoms with Crippen LogP contribution in [0.3, 0.4) is 0 Å². The maximum absolute atomic E-state index is 13.1. The summed E-state index contributed by atoms with van der Waals surface area (Å²) in [5.41, 5.74) is 0. The maximum atomic E-state index is 13.1. The molecule has 10 heteroatoms. The molecule has 2 heterocycles. The van der Waals surface area contributed by atoms with Crippen molar-refractivity contribution in [2.75, 3.05) is 25.1 Å². The quantitative estimate of drug-likeness (QED) is 0.716. The lowest BCUT2D eigenvalue weighted by atomic mass is 10.0. The Morgan fingerprint density at radius 3 is 2.44 bits per heavy atom. The first-order valence-corrected chi connectivity index (χ1v) is 12.5. The summed E-state index contributed by atoms with van der Waals surface area (Å²) in [5.74, 6) is -0.340. The molecule has 0 N–H and O–H groups in total. The van der Waals surface area contributed by atoms with Crippen LogP contribution < -0.4 is 0 Å². The van der Waals surface area contributed by atoms with Crippen LogP contribution in [-0.4, -0.2) is 69.1 Å². The monoisotopic (exact) mass is 434 g/mol. The Kier molecular flexibility index (Phi) is 5.86. The predicted molar refractivity (Wildman–Crippen MR) is 103 cm³/mol. The summed E-state index contributed by atoms with van der Waals surface area (Å²) >= 11 is 5.85. The fourth-order valence-corrected chi connectivity index (χ4v) is 7.23. The lowest BCUT2D eigenvalue weighted by molar-refractivity contribution is -0.136. The first kappa shape index (κ1) is 20.6. The first-order valence-electron chi connectivity index (χ1n) is 8.86. The van der Waals surface area contributed by atoms with Crippen LogP contribution in [0.1, 0.15) is 25.7 Å². The predicted octanol–water partition coefficient (Wildman–Crippen LogP) is 1.53. The van der Waals surface area contributed by atoms with E-state index in [0.29, 0.717) is 24.3 Å². The number of sulfone groups is 1. The summed E-state index contributed by atoms with van der Waals surface area (Å²) in [7, 11) is -5.41. The van der Waals surface area contributed by atoms with Gasteiger partial charge in [-0.3, -0.25) is 4.79 Å². The van der Waals surface area contributed by atoms with Gasteiger partial charge in [0, 0.05) is 24.7 Å². The zero-order valence-electron chi connectivity index (χ0n) is 15.0. The lowest BCUT2D eigenvalue weighted by Gasteiger charge is -2.37. The standard InChI is InChI=1S/C17H23ClN2O5S2/c1-19(14-9-11-26(22,23)12-14)17(21)16-4-2-3-10-20(16)27(24,25)15-7-5-13(18)6-8-15/h5-8,14,16H,2-4,9-12H2,1H3. The van der Waals surface area contributed by atoms with Crippen molar-refractivity contribution in [1.29, 1.82) is 0 Å². The summed E-state index contributed by atoms with van der Waals surface area (Å²) in [6, 6.07) is 4.66. The van der Waals surface area contributed by atoms with Gasteiger partial charge in [0.2, 0.25) is 15.9 Å². The Bertz CT molecular complexity index is 915. The number of rotatable bonds is 4. The molecule has 27 heavy (non-hydrogen) atoms. The van der Waals surface area contributed by atoms with Crippen molar-refractivity contribution in [3.8, 4) is 0 Å². The lowest BCUT2D eigenvalue weighted by Crippen LogP contribution is -2.54. The zero-order chi connectivity index (χ0) is 19.8. The SMILES string of the molecule is CN(C(=O)C1CCCCN1S(=O)(=O)c1ccc(Cl)cc1)C1CCS(=O)(=O)C1. The third-order valence-corrected chi connectivity index (χ3v) is 9.19. The van der Waals surface area contributed by atoms with E-state index in [1.54, 1.807) is 7.05 Å². The zero-order valence-corrected chi connectivity index (χ0v) is 17.4. The topological polar surface area (TPSA) is 91.8 Å². The van der Waals surface area contributed by atoms with Gasteiger partial charge in [-0.1, -0.05) is 18.0 Å². The molecular weight excluding hydrogens is 412 g/mol. The van der Waals surface area contributed by atoms with Crippen molar-refractivity contribution in [3.63, 3.8) is 0 Å². The second-order valence-electron chi connectivity index (χ2n) is 7.09. The molecule has 2 saturated heterocycles. The Morgan fingerprint density at radius 2 is 1.85 bits per heavy atom. The van der Waals surface area contributed by atoms with E-state index in [0.717, 1.165) is 6.42 Å². The van der Waals surface area contributed by atoms with E-state index in [9.17, 15) is 21.6 Å². The van der Waals surface area contributed by atoms with Crippen LogP contribution in [0.2, 0.25) is 5.02 Å². The molecule has 0 bridgehead atoms. The fraction of sp³-hybridized carbons (Fsp3) is 0.588. The molecule has 1 aromatic rings. The van der Waals surface area contributed by atoms with Gasteiger partial charge in [-0.25, -0.2) is 16.8 Å². The van der Waals surface area contributed by atoms with Crippen molar-refractivity contribution >= 4 is 37.4 Å². The number of likely N-dealkylation sites (N-methyl/N-ethyl adjacent to an activating group) is 1. The third-order valence-electron chi connectivity index (χ3n) is 5.26. The maximum Gasteiger partial charge on any atom is 0.243 e. The Morgan fingerprint density at radius 1 is 1.19 bits per heavy atom. The number of amides is 1. The number of carbonyl (C=O) groups excluding carboxylic acids is 1. The van der Waals surface area contributed by atoms with Gasteiger partial charge in [-0.15, -0.1) is 0 Å². The smallest absolute Gasteiger partial charge is 0.243 e. The minimum atomic E-state index is -3.84. The molecule has 2 aliphatic rings. The highest BCUT2D eigenvalue weighted by molar-refractivity contribution is 7.91. The van der Waals surface area contributed by atoms with Gasteiger partial charge in [0.15, 0.2) is 9.84 Å². The number of carbonyl (C=O) groups is 1. The third kappa shape index (κ3) is 4.31. The highest BCUT2D eigenvalue weighted by Gasteiger charge is 2.41. The van der Waals surface area contributed by atoms with Gasteiger partial charge in [0.25, 0.3) is 0 Å². The van der Waals surface area contributed by atoms with E-state index < -0.39 is 31.9 Å². The van der Waals surface area contributed by atoms with Crippen LogP contribution in [0.15, 0.2) is 29.2 Å². The average Bonchev–Trinajstić information content (AvgIpc) is 3.00. The number of halogens is 1. The minimum Gasteiger partial charge on any atom is -0.340 e. The van der Waals surface area contributed by atoms with Crippen LogP contribution in [-0.2, 0) is 24.7 Å². The van der Waals surface area contributed by atoms with Crippen LogP contribution in [0, 0.1) is 0 Å². The molecule has 7 nitrogen and oxygen atoms in total. The Hall–Kier alpha value is -1.16. The van der Waals surface area contributed by atoms with E-state index >= 15 is 0 Å². The molecule has 0 spiro atoms. The normalized spacial score (nSPS) is 26.0. The van der Waals surface area contributed by atoms with Gasteiger partial charge in [-0.05, 0) is 43.5 Å². The largest absolute Gasteiger partial charge is 0.340 e. The molecule has 0 saturated carbocycles. The molecule has 2 atom stereocenters. The molecule has 2 unspecified atom stereocenters. The van der Waals surface area contributed by atoms with E-state index in [2.05, 4.69) is 0 Å². The van der Waals surface area contributed by atoms with Crippen molar-refractivity contribution < 1.29 is 21.6 Å². The van der Waals surface area contributed by atoms with Gasteiger partial charge >= 0.3 is 0 Å². The number of sulfonamides is 1. The van der Waals surface area contributed by atoms with Gasteiger partial charge in [-0.2, -0.15) is 4.31 Å². The molecule has 2 fully saturated rings. The number of benzene rings is 1. The fourth-order valence-electron chi connectivity index (χ4n) is 3.68. The molecule has 1 amide bonds. The first-order chi connectivity index (χ1) is 12.6. The van der Waals surface area contributed by atoms with Gasteiger partial charge in [0.05, 0.1) is 16.4 Å². The average molecular weight is 435 g/mol. The molecule has 0 aromatic heterocycles. The highest BCUT2D eigenvalue weighted by atomic mass is 35.5. The second-order valence-corrected chi connectivity index (χ2v) is 11.6. The minimum absolute atomic E-state index is 0.0622. The summed E-state index contributed by atoms with van der Waals surface area (Å²) in [6.45, 7) is 0.262. The molecule has 150 valence electrons. The molecular formula is C17H23ClN2O5S2. The Labute approximate surface area is 165 Å². The molecule has 1 aromatic carbocycles. The van der Waals surface area contributed by atoms with E-state index in [1.807, 2.05) is 0 Å². The summed E-state index contributed by atoms with van der Waals surface area (Å²) in [5, 5.41) is 0.433. The second kappa shape index (κ2) is 7.69. The van der Waals surface area contributed by atoms with Gasteiger partial charge in [0.1, 0.15) is 6.04 Å². The van der Waals surface area contributed by atoms with Gasteiger partial charge < -0.3 is 4.90 Å². The number of hydrogen-bond acceptors (Lipinski definition) is 5. The number of piperidine rings is 1. The molecule has 0 aliphatic carbocycles. The van der Waals surface area contributed by atoms with Crippen molar-refractivity contribution in [1.82, 2.24) is 9.21 Å². The number of hydrogen-bond donors (Lipinski definition) is 0. The van der Waals surface area contributed by atoms with Crippen LogP contribution in [0.4, 0.5) is 0 Å². The van der Waals surface area contributed by atoms with Crippen molar-refractivity contribution in [2.45, 2.75) is 42.7 Å². The molecule has 3 rings (SSSR count). The Balaban J connectivity index is 1.84. The number of nitrogens with zero attached hydrogens (tertiary/aromatic N) is 2. The van der Waals surface area contributed by atoms with Crippen molar-refractivity contribution in [2.24, 2.45) is 0 Å². The molecule has 0 radical (unpaired) electrons. The van der Waals surface area contributed by atoms with Crippen LogP contribution in [0.5, 0.6) is 0 Å². The molecule has 2 aliphatic heterocycles.